The minimum atomic E-state index is -0.0725. The number of nitrogens with one attached hydrogen (secondary N) is 2. The molecule has 4 nitrogen and oxygen atoms in total. The molecule has 0 spiro atoms. The Labute approximate surface area is 135 Å². The third-order valence-electron chi connectivity index (χ3n) is 3.09. The van der Waals surface area contributed by atoms with Crippen LogP contribution >= 0.6 is 12.2 Å². The number of para-hydroxylation sites is 2. The van der Waals surface area contributed by atoms with Crippen LogP contribution in [-0.4, -0.2) is 20.6 Å². The lowest BCUT2D eigenvalue weighted by molar-refractivity contribution is 0.515. The van der Waals surface area contributed by atoms with Crippen LogP contribution in [0.5, 0.6) is 0 Å². The molecule has 0 aliphatic rings. The van der Waals surface area contributed by atoms with Gasteiger partial charge in [0, 0.05) is 11.2 Å². The van der Waals surface area contributed by atoms with Crippen LogP contribution in [0.15, 0.2) is 42.5 Å². The predicted octanol–water partition coefficient (Wildman–Crippen LogP) is 3.87. The van der Waals surface area contributed by atoms with Crippen LogP contribution in [0.25, 0.3) is 22.1 Å². The number of rotatable bonds is 1. The average molecular weight is 310 g/mol. The fraction of sp³-hybridized carbons (Fsp3) is 0.235. The van der Waals surface area contributed by atoms with Gasteiger partial charge in [0.15, 0.2) is 5.11 Å². The maximum Gasteiger partial charge on any atom is 0.171 e. The fourth-order valence-corrected chi connectivity index (χ4v) is 2.63. The van der Waals surface area contributed by atoms with Gasteiger partial charge in [-0.15, -0.1) is 0 Å². The summed E-state index contributed by atoms with van der Waals surface area (Å²) in [6, 6.07) is 13.7. The number of aromatic nitrogens is 2. The number of anilines is 1. The van der Waals surface area contributed by atoms with Gasteiger partial charge >= 0.3 is 0 Å². The summed E-state index contributed by atoms with van der Waals surface area (Å²) in [6.07, 6.45) is 0. The van der Waals surface area contributed by atoms with E-state index < -0.39 is 0 Å². The van der Waals surface area contributed by atoms with Crippen molar-refractivity contribution in [3.63, 3.8) is 0 Å². The molecule has 0 aliphatic heterocycles. The minimum Gasteiger partial charge on any atom is -0.358 e. The lowest BCUT2D eigenvalue weighted by Gasteiger charge is -2.23. The first-order valence-electron chi connectivity index (χ1n) is 7.16. The minimum absolute atomic E-state index is 0.0725. The molecule has 0 fully saturated rings. The quantitative estimate of drug-likeness (QED) is 0.528. The van der Waals surface area contributed by atoms with Gasteiger partial charge in [-0.1, -0.05) is 12.1 Å². The largest absolute Gasteiger partial charge is 0.358 e. The molecule has 1 aromatic heterocycles. The Morgan fingerprint density at radius 2 is 1.50 bits per heavy atom. The van der Waals surface area contributed by atoms with Crippen LogP contribution in [0.1, 0.15) is 20.8 Å². The maximum absolute atomic E-state index is 5.33. The summed E-state index contributed by atoms with van der Waals surface area (Å²) < 4.78 is 0. The van der Waals surface area contributed by atoms with Crippen LogP contribution in [0.2, 0.25) is 0 Å². The molecular weight excluding hydrogens is 292 g/mol. The lowest BCUT2D eigenvalue weighted by atomic mass is 10.1. The Kier molecular flexibility index (Phi) is 3.66. The Hall–Kier alpha value is -2.27. The van der Waals surface area contributed by atoms with Gasteiger partial charge in [-0.25, -0.2) is 9.97 Å². The van der Waals surface area contributed by atoms with E-state index in [1.807, 2.05) is 42.5 Å². The van der Waals surface area contributed by atoms with E-state index in [0.29, 0.717) is 5.11 Å². The van der Waals surface area contributed by atoms with Crippen molar-refractivity contribution in [3.05, 3.63) is 42.5 Å². The van der Waals surface area contributed by atoms with Gasteiger partial charge in [-0.2, -0.15) is 0 Å². The zero-order chi connectivity index (χ0) is 15.7. The Balaban J connectivity index is 1.92. The highest BCUT2D eigenvalue weighted by Crippen LogP contribution is 2.19. The Morgan fingerprint density at radius 3 is 2.14 bits per heavy atom. The fourth-order valence-electron chi connectivity index (χ4n) is 2.20. The Bertz CT molecular complexity index is 852. The van der Waals surface area contributed by atoms with Gasteiger partial charge in [0.2, 0.25) is 0 Å². The van der Waals surface area contributed by atoms with Crippen molar-refractivity contribution in [3.8, 4) is 0 Å². The molecule has 22 heavy (non-hydrogen) atoms. The van der Waals surface area contributed by atoms with Gasteiger partial charge in [-0.3, -0.25) is 0 Å². The first kappa shape index (κ1) is 14.7. The maximum atomic E-state index is 5.33. The zero-order valence-corrected chi connectivity index (χ0v) is 13.7. The molecule has 1 heterocycles. The highest BCUT2D eigenvalue weighted by Gasteiger charge is 2.11. The van der Waals surface area contributed by atoms with Crippen molar-refractivity contribution in [1.29, 1.82) is 0 Å². The molecule has 0 atom stereocenters. The number of hydrogen-bond acceptors (Lipinski definition) is 3. The van der Waals surface area contributed by atoms with E-state index in [1.54, 1.807) is 0 Å². The van der Waals surface area contributed by atoms with Crippen molar-refractivity contribution in [2.45, 2.75) is 26.3 Å². The normalized spacial score (nSPS) is 11.6. The van der Waals surface area contributed by atoms with E-state index in [0.717, 1.165) is 27.8 Å². The molecule has 0 amide bonds. The summed E-state index contributed by atoms with van der Waals surface area (Å²) in [5.41, 5.74) is 4.35. The van der Waals surface area contributed by atoms with Crippen molar-refractivity contribution in [2.24, 2.45) is 0 Å². The van der Waals surface area contributed by atoms with Gasteiger partial charge in [0.05, 0.1) is 22.1 Å². The van der Waals surface area contributed by atoms with Crippen LogP contribution in [0.3, 0.4) is 0 Å². The molecule has 0 saturated carbocycles. The second-order valence-electron chi connectivity index (χ2n) is 6.24. The lowest BCUT2D eigenvalue weighted by Crippen LogP contribution is -2.42. The highest BCUT2D eigenvalue weighted by molar-refractivity contribution is 7.80. The first-order valence-corrected chi connectivity index (χ1v) is 7.57. The third kappa shape index (κ3) is 3.31. The van der Waals surface area contributed by atoms with Gasteiger partial charge in [0.1, 0.15) is 0 Å². The predicted molar refractivity (Wildman–Crippen MR) is 96.2 cm³/mol. The Morgan fingerprint density at radius 1 is 0.909 bits per heavy atom. The molecule has 2 aromatic carbocycles. The van der Waals surface area contributed by atoms with Gasteiger partial charge in [-0.05, 0) is 63.3 Å². The van der Waals surface area contributed by atoms with Crippen LogP contribution in [0.4, 0.5) is 5.69 Å². The zero-order valence-electron chi connectivity index (χ0n) is 12.8. The topological polar surface area (TPSA) is 49.8 Å². The van der Waals surface area contributed by atoms with E-state index >= 15 is 0 Å². The molecule has 2 N–H and O–H groups in total. The van der Waals surface area contributed by atoms with Crippen molar-refractivity contribution in [2.75, 3.05) is 5.32 Å². The number of benzene rings is 2. The van der Waals surface area contributed by atoms with E-state index in [2.05, 4.69) is 41.4 Å². The van der Waals surface area contributed by atoms with Crippen LogP contribution in [0, 0.1) is 0 Å². The van der Waals surface area contributed by atoms with Gasteiger partial charge in [0.25, 0.3) is 0 Å². The SMILES string of the molecule is CC(C)(C)NC(=S)Nc1ccc2nc3ccccc3nc2c1. The third-order valence-corrected chi connectivity index (χ3v) is 3.29. The van der Waals surface area contributed by atoms with Crippen molar-refractivity contribution < 1.29 is 0 Å². The second kappa shape index (κ2) is 5.50. The molecule has 0 unspecified atom stereocenters. The van der Waals surface area contributed by atoms with E-state index in [1.165, 1.54) is 0 Å². The summed E-state index contributed by atoms with van der Waals surface area (Å²) >= 11 is 5.33. The number of hydrogen-bond donors (Lipinski definition) is 2. The standard InChI is InChI=1S/C17H18N4S/c1-17(2,3)21-16(22)18-11-8-9-14-15(10-11)20-13-7-5-4-6-12(13)19-14/h4-10H,1-3H3,(H2,18,21,22). The first-order chi connectivity index (χ1) is 10.4. The molecule has 0 radical (unpaired) electrons. The second-order valence-corrected chi connectivity index (χ2v) is 6.65. The monoisotopic (exact) mass is 310 g/mol. The molecule has 0 bridgehead atoms. The van der Waals surface area contributed by atoms with Crippen molar-refractivity contribution in [1.82, 2.24) is 15.3 Å². The summed E-state index contributed by atoms with van der Waals surface area (Å²) in [7, 11) is 0. The average Bonchev–Trinajstić information content (AvgIpc) is 2.43. The summed E-state index contributed by atoms with van der Waals surface area (Å²) in [5.74, 6) is 0. The highest BCUT2D eigenvalue weighted by atomic mass is 32.1. The molecule has 112 valence electrons. The van der Waals surface area contributed by atoms with Crippen LogP contribution < -0.4 is 10.6 Å². The molecule has 3 rings (SSSR count). The smallest absolute Gasteiger partial charge is 0.171 e. The summed E-state index contributed by atoms with van der Waals surface area (Å²) in [5, 5.41) is 7.02. The molecule has 3 aromatic rings. The summed E-state index contributed by atoms with van der Waals surface area (Å²) in [4.78, 5) is 9.27. The molecular formula is C17H18N4S. The van der Waals surface area contributed by atoms with Crippen LogP contribution in [-0.2, 0) is 0 Å². The van der Waals surface area contributed by atoms with E-state index in [-0.39, 0.29) is 5.54 Å². The molecule has 0 aliphatic carbocycles. The number of thiocarbonyl (C=S) groups is 1. The van der Waals surface area contributed by atoms with E-state index in [4.69, 9.17) is 12.2 Å². The van der Waals surface area contributed by atoms with Gasteiger partial charge < -0.3 is 10.6 Å². The number of nitrogens with zero attached hydrogens (tertiary/aromatic N) is 2. The number of fused-ring (bicyclic) bond motifs is 2. The van der Waals surface area contributed by atoms with E-state index in [9.17, 15) is 0 Å². The van der Waals surface area contributed by atoms with Crippen molar-refractivity contribution >= 4 is 45.1 Å². The molecule has 5 heteroatoms. The molecule has 0 saturated heterocycles. The summed E-state index contributed by atoms with van der Waals surface area (Å²) in [6.45, 7) is 6.21.